The Morgan fingerprint density at radius 1 is 1.04 bits per heavy atom. The van der Waals surface area contributed by atoms with E-state index >= 15 is 0 Å². The number of hydrogen-bond donors (Lipinski definition) is 1. The summed E-state index contributed by atoms with van der Waals surface area (Å²) in [5.41, 5.74) is 8.33. The molecule has 0 unspecified atom stereocenters. The Hall–Kier alpha value is -3.03. The van der Waals surface area contributed by atoms with Gasteiger partial charge >= 0.3 is 0 Å². The first-order valence-electron chi connectivity index (χ1n) is 8.87. The Morgan fingerprint density at radius 2 is 1.81 bits per heavy atom. The Morgan fingerprint density at radius 3 is 2.48 bits per heavy atom. The zero-order chi connectivity index (χ0) is 19.4. The monoisotopic (exact) mass is 371 g/mol. The lowest BCUT2D eigenvalue weighted by Crippen LogP contribution is -2.07. The molecule has 0 aliphatic rings. The lowest BCUT2D eigenvalue weighted by molar-refractivity contribution is 0.322. The second-order valence-corrected chi connectivity index (χ2v) is 6.13. The van der Waals surface area contributed by atoms with E-state index in [-0.39, 0.29) is 0 Å². The topological polar surface area (TPSA) is 97.3 Å². The molecule has 0 aliphatic carbocycles. The van der Waals surface area contributed by atoms with Crippen molar-refractivity contribution >= 4 is 17.0 Å². The number of rotatable bonds is 8. The number of fused-ring (bicyclic) bond motifs is 1. The number of nitrogen functional groups attached to an aromatic ring is 1. The maximum absolute atomic E-state index is 6.01. The number of ether oxygens (including phenoxy) is 3. The van der Waals surface area contributed by atoms with Crippen molar-refractivity contribution in [3.05, 3.63) is 29.8 Å². The number of nitrogens with two attached hydrogens (primary N) is 1. The third kappa shape index (κ3) is 3.47. The van der Waals surface area contributed by atoms with Crippen LogP contribution in [0.3, 0.4) is 0 Å². The van der Waals surface area contributed by atoms with E-state index in [1.165, 1.54) is 6.33 Å². The molecule has 0 spiro atoms. The van der Waals surface area contributed by atoms with Crippen molar-refractivity contribution in [2.75, 3.05) is 27.1 Å². The molecular weight excluding hydrogens is 346 g/mol. The first kappa shape index (κ1) is 18.8. The largest absolute Gasteiger partial charge is 0.493 e. The van der Waals surface area contributed by atoms with Crippen molar-refractivity contribution in [2.24, 2.45) is 0 Å². The van der Waals surface area contributed by atoms with Crippen molar-refractivity contribution in [2.45, 2.75) is 32.7 Å². The van der Waals surface area contributed by atoms with Gasteiger partial charge in [0.1, 0.15) is 12.2 Å². The summed E-state index contributed by atoms with van der Waals surface area (Å²) >= 11 is 0. The first-order chi connectivity index (χ1) is 13.1. The average molecular weight is 371 g/mol. The van der Waals surface area contributed by atoms with Crippen LogP contribution in [0.15, 0.2) is 18.5 Å². The van der Waals surface area contributed by atoms with Gasteiger partial charge in [-0.2, -0.15) is 0 Å². The predicted octanol–water partition coefficient (Wildman–Crippen LogP) is 2.83. The van der Waals surface area contributed by atoms with Crippen LogP contribution in [0.1, 0.15) is 31.2 Å². The summed E-state index contributed by atoms with van der Waals surface area (Å²) in [6.45, 7) is 2.97. The number of methoxy groups -OCH3 is 3. The number of aromatic nitrogens is 4. The normalized spacial score (nSPS) is 11.0. The molecule has 2 N–H and O–H groups in total. The van der Waals surface area contributed by atoms with E-state index in [4.69, 9.17) is 24.9 Å². The molecule has 0 atom stereocenters. The van der Waals surface area contributed by atoms with Gasteiger partial charge in [-0.15, -0.1) is 0 Å². The van der Waals surface area contributed by atoms with Crippen molar-refractivity contribution in [3.8, 4) is 17.2 Å². The van der Waals surface area contributed by atoms with Crippen LogP contribution in [0.25, 0.3) is 11.2 Å². The van der Waals surface area contributed by atoms with Crippen LogP contribution in [0.4, 0.5) is 5.82 Å². The van der Waals surface area contributed by atoms with Gasteiger partial charge in [-0.3, -0.25) is 0 Å². The quantitative estimate of drug-likeness (QED) is 0.650. The summed E-state index contributed by atoms with van der Waals surface area (Å²) in [6.07, 6.45) is 4.11. The molecule has 0 amide bonds. The minimum Gasteiger partial charge on any atom is -0.493 e. The number of benzene rings is 1. The van der Waals surface area contributed by atoms with Gasteiger partial charge in [0.15, 0.2) is 28.5 Å². The van der Waals surface area contributed by atoms with Crippen molar-refractivity contribution in [3.63, 3.8) is 0 Å². The molecule has 8 nitrogen and oxygen atoms in total. The highest BCUT2D eigenvalue weighted by Crippen LogP contribution is 2.40. The molecule has 0 aliphatic heterocycles. The van der Waals surface area contributed by atoms with Crippen molar-refractivity contribution in [1.82, 2.24) is 19.5 Å². The smallest absolute Gasteiger partial charge is 0.203 e. The van der Waals surface area contributed by atoms with Gasteiger partial charge in [-0.1, -0.05) is 19.4 Å². The Labute approximate surface area is 158 Å². The summed E-state index contributed by atoms with van der Waals surface area (Å²) in [6, 6.07) is 3.82. The fraction of sp³-hybridized carbons (Fsp3) is 0.421. The number of nitrogens with zero attached hydrogens (tertiary/aromatic N) is 4. The molecule has 2 aromatic heterocycles. The van der Waals surface area contributed by atoms with E-state index in [0.29, 0.717) is 35.0 Å². The summed E-state index contributed by atoms with van der Waals surface area (Å²) in [4.78, 5) is 13.2. The Kier molecular flexibility index (Phi) is 5.63. The summed E-state index contributed by atoms with van der Waals surface area (Å²) in [7, 11) is 4.81. The number of imidazole rings is 1. The number of aryl methyl sites for hydroxylation is 1. The third-order valence-electron chi connectivity index (χ3n) is 4.51. The van der Waals surface area contributed by atoms with Crippen LogP contribution >= 0.6 is 0 Å². The SMILES string of the molecule is CCCCn1c(Cc2ccc(OC)c(OC)c2OC)nc2c(N)ncnc21. The molecule has 0 saturated carbocycles. The number of hydrogen-bond acceptors (Lipinski definition) is 7. The second kappa shape index (κ2) is 8.11. The van der Waals surface area contributed by atoms with Gasteiger partial charge in [0, 0.05) is 18.5 Å². The van der Waals surface area contributed by atoms with Crippen molar-refractivity contribution < 1.29 is 14.2 Å². The molecule has 3 rings (SSSR count). The Bertz CT molecular complexity index is 939. The summed E-state index contributed by atoms with van der Waals surface area (Å²) < 4.78 is 18.6. The van der Waals surface area contributed by atoms with E-state index in [2.05, 4.69) is 21.5 Å². The molecule has 0 bridgehead atoms. The van der Waals surface area contributed by atoms with Crippen molar-refractivity contribution in [1.29, 1.82) is 0 Å². The molecule has 1 aromatic carbocycles. The molecule has 0 saturated heterocycles. The summed E-state index contributed by atoms with van der Waals surface area (Å²) in [5.74, 6) is 3.05. The summed E-state index contributed by atoms with van der Waals surface area (Å²) in [5, 5.41) is 0. The average Bonchev–Trinajstić information content (AvgIpc) is 3.04. The highest BCUT2D eigenvalue weighted by molar-refractivity contribution is 5.81. The minimum atomic E-state index is 0.385. The highest BCUT2D eigenvalue weighted by Gasteiger charge is 2.20. The maximum atomic E-state index is 6.01. The maximum Gasteiger partial charge on any atom is 0.203 e. The molecule has 144 valence electrons. The van der Waals surface area contributed by atoms with E-state index in [1.54, 1.807) is 21.3 Å². The predicted molar refractivity (Wildman–Crippen MR) is 104 cm³/mol. The minimum absolute atomic E-state index is 0.385. The van der Waals surface area contributed by atoms with Crippen LogP contribution in [-0.2, 0) is 13.0 Å². The van der Waals surface area contributed by atoms with Crippen LogP contribution in [0, 0.1) is 0 Å². The van der Waals surface area contributed by atoms with Gasteiger partial charge in [0.05, 0.1) is 21.3 Å². The molecule has 2 heterocycles. The fourth-order valence-electron chi connectivity index (χ4n) is 3.16. The van der Waals surface area contributed by atoms with E-state index < -0.39 is 0 Å². The van der Waals surface area contributed by atoms with E-state index in [9.17, 15) is 0 Å². The van der Waals surface area contributed by atoms with Gasteiger partial charge in [0.2, 0.25) is 5.75 Å². The van der Waals surface area contributed by atoms with Gasteiger partial charge in [0.25, 0.3) is 0 Å². The molecular formula is C19H25N5O3. The van der Waals surface area contributed by atoms with Crippen LogP contribution in [0.2, 0.25) is 0 Å². The van der Waals surface area contributed by atoms with Gasteiger partial charge in [-0.25, -0.2) is 15.0 Å². The molecule has 27 heavy (non-hydrogen) atoms. The molecule has 8 heteroatoms. The van der Waals surface area contributed by atoms with Crippen LogP contribution in [-0.4, -0.2) is 40.8 Å². The zero-order valence-electron chi connectivity index (χ0n) is 16.2. The van der Waals surface area contributed by atoms with Crippen LogP contribution < -0.4 is 19.9 Å². The first-order valence-corrected chi connectivity index (χ1v) is 8.87. The molecule has 0 fully saturated rings. The third-order valence-corrected chi connectivity index (χ3v) is 4.51. The highest BCUT2D eigenvalue weighted by atomic mass is 16.5. The van der Waals surface area contributed by atoms with Gasteiger partial charge < -0.3 is 24.5 Å². The lowest BCUT2D eigenvalue weighted by Gasteiger charge is -2.16. The number of unbranched alkanes of at least 4 members (excludes halogenated alkanes) is 1. The molecule has 3 aromatic rings. The fourth-order valence-corrected chi connectivity index (χ4v) is 3.16. The van der Waals surface area contributed by atoms with Gasteiger partial charge in [-0.05, 0) is 12.5 Å². The second-order valence-electron chi connectivity index (χ2n) is 6.13. The lowest BCUT2D eigenvalue weighted by atomic mass is 10.1. The Balaban J connectivity index is 2.10. The van der Waals surface area contributed by atoms with E-state index in [1.807, 2.05) is 12.1 Å². The van der Waals surface area contributed by atoms with Crippen LogP contribution in [0.5, 0.6) is 17.2 Å². The van der Waals surface area contributed by atoms with E-state index in [0.717, 1.165) is 36.4 Å². The number of anilines is 1. The zero-order valence-corrected chi connectivity index (χ0v) is 16.2. The molecule has 0 radical (unpaired) electrons. The standard InChI is InChI=1S/C19H25N5O3/c1-5-6-9-24-14(23-15-18(20)21-11-22-19(15)24)10-12-7-8-13(25-2)17(27-4)16(12)26-3/h7-8,11H,5-6,9-10H2,1-4H3,(H2,20,21,22).